The van der Waals surface area contributed by atoms with Gasteiger partial charge in [0.15, 0.2) is 0 Å². The van der Waals surface area contributed by atoms with Gasteiger partial charge in [0.1, 0.15) is 5.82 Å². The Labute approximate surface area is 144 Å². The van der Waals surface area contributed by atoms with Crippen molar-refractivity contribution >= 4 is 11.7 Å². The number of nitrogens with one attached hydrogen (secondary N) is 1. The summed E-state index contributed by atoms with van der Waals surface area (Å²) >= 11 is 0. The SMILES string of the molecule is CC1CCN(c2ccc(C(=O)NC3CCCCC3CO)cn2)CC1. The van der Waals surface area contributed by atoms with Crippen LogP contribution in [0, 0.1) is 11.8 Å². The molecule has 3 rings (SSSR count). The number of anilines is 1. The van der Waals surface area contributed by atoms with Gasteiger partial charge in [-0.3, -0.25) is 4.79 Å². The van der Waals surface area contributed by atoms with Crippen LogP contribution < -0.4 is 10.2 Å². The van der Waals surface area contributed by atoms with Crippen molar-refractivity contribution in [1.29, 1.82) is 0 Å². The van der Waals surface area contributed by atoms with Crippen molar-refractivity contribution in [1.82, 2.24) is 10.3 Å². The number of aliphatic hydroxyl groups excluding tert-OH is 1. The molecule has 24 heavy (non-hydrogen) atoms. The summed E-state index contributed by atoms with van der Waals surface area (Å²) in [5, 5.41) is 12.6. The molecule has 2 atom stereocenters. The highest BCUT2D eigenvalue weighted by Gasteiger charge is 2.26. The van der Waals surface area contributed by atoms with E-state index in [0.29, 0.717) is 5.56 Å². The predicted molar refractivity (Wildman–Crippen MR) is 95.1 cm³/mol. The number of carbonyl (C=O) groups excluding carboxylic acids is 1. The Morgan fingerprint density at radius 2 is 2.00 bits per heavy atom. The van der Waals surface area contributed by atoms with Crippen LogP contribution in [0.5, 0.6) is 0 Å². The Morgan fingerprint density at radius 1 is 1.25 bits per heavy atom. The van der Waals surface area contributed by atoms with Crippen LogP contribution in [-0.4, -0.2) is 41.7 Å². The maximum Gasteiger partial charge on any atom is 0.253 e. The summed E-state index contributed by atoms with van der Waals surface area (Å²) < 4.78 is 0. The number of rotatable bonds is 4. The molecule has 2 fully saturated rings. The first-order valence-electron chi connectivity index (χ1n) is 9.30. The van der Waals surface area contributed by atoms with Crippen LogP contribution in [-0.2, 0) is 0 Å². The average Bonchev–Trinajstić information content (AvgIpc) is 2.63. The number of aromatic nitrogens is 1. The van der Waals surface area contributed by atoms with Crippen molar-refractivity contribution in [3.63, 3.8) is 0 Å². The fraction of sp³-hybridized carbons (Fsp3) is 0.684. The van der Waals surface area contributed by atoms with Gasteiger partial charge in [0.05, 0.1) is 5.56 Å². The minimum absolute atomic E-state index is 0.0772. The van der Waals surface area contributed by atoms with E-state index in [-0.39, 0.29) is 24.5 Å². The standard InChI is InChI=1S/C19H29N3O2/c1-14-8-10-22(11-9-14)18-7-6-15(12-20-18)19(24)21-17-5-3-2-4-16(17)13-23/h6-7,12,14,16-17,23H,2-5,8-11,13H2,1H3,(H,21,24). The van der Waals surface area contributed by atoms with Crippen LogP contribution in [0.4, 0.5) is 5.82 Å². The second kappa shape index (κ2) is 7.97. The fourth-order valence-electron chi connectivity index (χ4n) is 3.81. The molecule has 132 valence electrons. The fourth-order valence-corrected chi connectivity index (χ4v) is 3.81. The van der Waals surface area contributed by atoms with E-state index in [2.05, 4.69) is 22.1 Å². The van der Waals surface area contributed by atoms with Gasteiger partial charge in [-0.1, -0.05) is 19.8 Å². The first-order chi connectivity index (χ1) is 11.7. The molecule has 2 aliphatic rings. The number of hydrogen-bond acceptors (Lipinski definition) is 4. The molecule has 1 amide bonds. The van der Waals surface area contributed by atoms with Crippen LogP contribution in [0.15, 0.2) is 18.3 Å². The van der Waals surface area contributed by atoms with Crippen molar-refractivity contribution in [2.75, 3.05) is 24.6 Å². The van der Waals surface area contributed by atoms with Crippen molar-refractivity contribution in [3.8, 4) is 0 Å². The van der Waals surface area contributed by atoms with E-state index in [9.17, 15) is 9.90 Å². The molecule has 0 aromatic carbocycles. The maximum absolute atomic E-state index is 12.5. The Balaban J connectivity index is 1.59. The van der Waals surface area contributed by atoms with Crippen molar-refractivity contribution in [2.24, 2.45) is 11.8 Å². The number of hydrogen-bond donors (Lipinski definition) is 2. The number of carbonyl (C=O) groups is 1. The number of piperidine rings is 1. The molecular weight excluding hydrogens is 302 g/mol. The molecule has 0 bridgehead atoms. The van der Waals surface area contributed by atoms with Gasteiger partial charge in [-0.15, -0.1) is 0 Å². The van der Waals surface area contributed by atoms with Crippen LogP contribution in [0.1, 0.15) is 55.8 Å². The van der Waals surface area contributed by atoms with Crippen LogP contribution >= 0.6 is 0 Å². The molecule has 1 aliphatic heterocycles. The zero-order chi connectivity index (χ0) is 16.9. The second-order valence-corrected chi connectivity index (χ2v) is 7.38. The summed E-state index contributed by atoms with van der Waals surface area (Å²) in [5.74, 6) is 1.86. The van der Waals surface area contributed by atoms with Gasteiger partial charge in [0.25, 0.3) is 5.91 Å². The molecular formula is C19H29N3O2. The molecule has 2 unspecified atom stereocenters. The number of aliphatic hydroxyl groups is 1. The molecule has 5 heteroatoms. The molecule has 0 radical (unpaired) electrons. The molecule has 1 aromatic heterocycles. The summed E-state index contributed by atoms with van der Waals surface area (Å²) in [6, 6.07) is 3.90. The Hall–Kier alpha value is -1.62. The van der Waals surface area contributed by atoms with E-state index in [4.69, 9.17) is 0 Å². The summed E-state index contributed by atoms with van der Waals surface area (Å²) in [6.45, 7) is 4.53. The molecule has 1 saturated heterocycles. The van der Waals surface area contributed by atoms with Crippen LogP contribution in [0.3, 0.4) is 0 Å². The first-order valence-corrected chi connectivity index (χ1v) is 9.30. The first kappa shape index (κ1) is 17.2. The number of nitrogens with zero attached hydrogens (tertiary/aromatic N) is 2. The van der Waals surface area contributed by atoms with Gasteiger partial charge in [0.2, 0.25) is 0 Å². The highest BCUT2D eigenvalue weighted by Crippen LogP contribution is 2.25. The topological polar surface area (TPSA) is 65.5 Å². The molecule has 1 aromatic rings. The zero-order valence-corrected chi connectivity index (χ0v) is 14.6. The van der Waals surface area contributed by atoms with Crippen molar-refractivity contribution in [2.45, 2.75) is 51.5 Å². The quantitative estimate of drug-likeness (QED) is 0.890. The van der Waals surface area contributed by atoms with Crippen LogP contribution in [0.2, 0.25) is 0 Å². The molecule has 2 N–H and O–H groups in total. The molecule has 5 nitrogen and oxygen atoms in total. The van der Waals surface area contributed by atoms with Gasteiger partial charge in [0, 0.05) is 37.9 Å². The third kappa shape index (κ3) is 4.07. The molecule has 1 aliphatic carbocycles. The Bertz CT molecular complexity index is 538. The third-order valence-corrected chi connectivity index (χ3v) is 5.58. The summed E-state index contributed by atoms with van der Waals surface area (Å²) in [5.41, 5.74) is 0.603. The lowest BCUT2D eigenvalue weighted by Gasteiger charge is -2.31. The normalized spacial score (nSPS) is 25.5. The molecule has 0 spiro atoms. The summed E-state index contributed by atoms with van der Waals surface area (Å²) in [7, 11) is 0. The lowest BCUT2D eigenvalue weighted by molar-refractivity contribution is 0.0872. The highest BCUT2D eigenvalue weighted by atomic mass is 16.3. The number of amides is 1. The van der Waals surface area contributed by atoms with Gasteiger partial charge in [-0.2, -0.15) is 0 Å². The van der Waals surface area contributed by atoms with E-state index in [1.54, 1.807) is 6.20 Å². The zero-order valence-electron chi connectivity index (χ0n) is 14.6. The molecule has 1 saturated carbocycles. The minimum Gasteiger partial charge on any atom is -0.396 e. The maximum atomic E-state index is 12.5. The van der Waals surface area contributed by atoms with E-state index >= 15 is 0 Å². The van der Waals surface area contributed by atoms with Gasteiger partial charge in [-0.05, 0) is 43.7 Å². The monoisotopic (exact) mass is 331 g/mol. The second-order valence-electron chi connectivity index (χ2n) is 7.38. The molecule has 2 heterocycles. The van der Waals surface area contributed by atoms with E-state index in [0.717, 1.165) is 50.5 Å². The van der Waals surface area contributed by atoms with Crippen molar-refractivity contribution < 1.29 is 9.90 Å². The van der Waals surface area contributed by atoms with E-state index < -0.39 is 0 Å². The van der Waals surface area contributed by atoms with E-state index in [1.807, 2.05) is 12.1 Å². The largest absolute Gasteiger partial charge is 0.396 e. The van der Waals surface area contributed by atoms with Gasteiger partial charge in [-0.25, -0.2) is 4.98 Å². The summed E-state index contributed by atoms with van der Waals surface area (Å²) in [6.07, 6.45) is 8.29. The average molecular weight is 331 g/mol. The smallest absolute Gasteiger partial charge is 0.253 e. The van der Waals surface area contributed by atoms with Gasteiger partial charge >= 0.3 is 0 Å². The lowest BCUT2D eigenvalue weighted by Crippen LogP contribution is -2.43. The Kier molecular flexibility index (Phi) is 5.72. The third-order valence-electron chi connectivity index (χ3n) is 5.58. The van der Waals surface area contributed by atoms with Crippen molar-refractivity contribution in [3.05, 3.63) is 23.9 Å². The van der Waals surface area contributed by atoms with Crippen LogP contribution in [0.25, 0.3) is 0 Å². The Morgan fingerprint density at radius 3 is 2.67 bits per heavy atom. The number of pyridine rings is 1. The minimum atomic E-state index is -0.0772. The summed E-state index contributed by atoms with van der Waals surface area (Å²) in [4.78, 5) is 19.3. The van der Waals surface area contributed by atoms with E-state index in [1.165, 1.54) is 12.8 Å². The lowest BCUT2D eigenvalue weighted by atomic mass is 9.85. The highest BCUT2D eigenvalue weighted by molar-refractivity contribution is 5.94. The predicted octanol–water partition coefficient (Wildman–Crippen LogP) is 2.60. The van der Waals surface area contributed by atoms with Gasteiger partial charge < -0.3 is 15.3 Å².